The van der Waals surface area contributed by atoms with Gasteiger partial charge in [0.2, 0.25) is 0 Å². The van der Waals surface area contributed by atoms with Crippen molar-refractivity contribution in [2.75, 3.05) is 52.9 Å². The number of hydrogen-bond donors (Lipinski definition) is 2. The molecule has 2 rings (SSSR count). The Balaban J connectivity index is 1.62. The van der Waals surface area contributed by atoms with Crippen LogP contribution in [0.5, 0.6) is 0 Å². The lowest BCUT2D eigenvalue weighted by molar-refractivity contribution is 0.198. The van der Waals surface area contributed by atoms with Crippen molar-refractivity contribution in [3.63, 3.8) is 0 Å². The van der Waals surface area contributed by atoms with E-state index in [2.05, 4.69) is 22.6 Å². The molecule has 0 bridgehead atoms. The fourth-order valence-electron chi connectivity index (χ4n) is 2.63. The molecule has 0 aromatic carbocycles. The molecule has 0 saturated carbocycles. The van der Waals surface area contributed by atoms with Crippen molar-refractivity contribution in [3.05, 3.63) is 0 Å². The van der Waals surface area contributed by atoms with Crippen LogP contribution >= 0.6 is 0 Å². The molecule has 1 atom stereocenters. The fraction of sp³-hybridized carbons (Fsp3) is 0.917. The summed E-state index contributed by atoms with van der Waals surface area (Å²) in [6.45, 7) is 6.95. The monoisotopic (exact) mass is 240 g/mol. The third-order valence-electron chi connectivity index (χ3n) is 3.67. The summed E-state index contributed by atoms with van der Waals surface area (Å²) in [7, 11) is 2.16. The number of piperidine rings is 1. The molecule has 1 unspecified atom stereocenters. The van der Waals surface area contributed by atoms with E-state index < -0.39 is 0 Å². The van der Waals surface area contributed by atoms with Gasteiger partial charge in [-0.3, -0.25) is 0 Å². The molecule has 5 heteroatoms. The Morgan fingerprint density at radius 1 is 1.47 bits per heavy atom. The van der Waals surface area contributed by atoms with Gasteiger partial charge in [-0.2, -0.15) is 0 Å². The minimum atomic E-state index is 0.0951. The summed E-state index contributed by atoms with van der Waals surface area (Å²) in [5, 5.41) is 6.28. The maximum atomic E-state index is 11.4. The second kappa shape index (κ2) is 6.21. The highest BCUT2D eigenvalue weighted by Gasteiger charge is 2.20. The second-order valence-corrected chi connectivity index (χ2v) is 5.19. The number of rotatable bonds is 5. The molecule has 0 aromatic heterocycles. The highest BCUT2D eigenvalue weighted by atomic mass is 16.2. The highest BCUT2D eigenvalue weighted by Crippen LogP contribution is 2.10. The topological polar surface area (TPSA) is 47.6 Å². The standard InChI is InChI=1S/C12H24N4O/c1-15(10-11-3-2-4-13-9-11)7-8-16-6-5-14-12(16)17/h11,13H,2-10H2,1H3,(H,14,17). The van der Waals surface area contributed by atoms with Crippen molar-refractivity contribution in [1.29, 1.82) is 0 Å². The molecule has 0 aromatic rings. The molecular weight excluding hydrogens is 216 g/mol. The molecule has 2 heterocycles. The van der Waals surface area contributed by atoms with E-state index in [1.165, 1.54) is 19.4 Å². The number of urea groups is 1. The molecule has 0 aliphatic carbocycles. The predicted molar refractivity (Wildman–Crippen MR) is 68.1 cm³/mol. The van der Waals surface area contributed by atoms with Gasteiger partial charge in [0.25, 0.3) is 0 Å². The first kappa shape index (κ1) is 12.6. The molecule has 17 heavy (non-hydrogen) atoms. The van der Waals surface area contributed by atoms with Crippen LogP contribution in [0.2, 0.25) is 0 Å². The van der Waals surface area contributed by atoms with Crippen molar-refractivity contribution >= 4 is 6.03 Å². The van der Waals surface area contributed by atoms with E-state index in [0.717, 1.165) is 45.2 Å². The molecular formula is C12H24N4O. The number of nitrogens with zero attached hydrogens (tertiary/aromatic N) is 2. The van der Waals surface area contributed by atoms with Gasteiger partial charge in [-0.05, 0) is 38.9 Å². The summed E-state index contributed by atoms with van der Waals surface area (Å²) in [5.74, 6) is 0.779. The van der Waals surface area contributed by atoms with E-state index in [4.69, 9.17) is 0 Å². The lowest BCUT2D eigenvalue weighted by atomic mass is 9.99. The zero-order valence-corrected chi connectivity index (χ0v) is 10.7. The van der Waals surface area contributed by atoms with Crippen LogP contribution in [0.4, 0.5) is 4.79 Å². The zero-order chi connectivity index (χ0) is 12.1. The van der Waals surface area contributed by atoms with Crippen LogP contribution in [0.25, 0.3) is 0 Å². The van der Waals surface area contributed by atoms with Gasteiger partial charge in [0.1, 0.15) is 0 Å². The molecule has 2 fully saturated rings. The number of carbonyl (C=O) groups excluding carboxylic acids is 1. The van der Waals surface area contributed by atoms with Crippen molar-refractivity contribution < 1.29 is 4.79 Å². The molecule has 2 amide bonds. The molecule has 2 saturated heterocycles. The fourth-order valence-corrected chi connectivity index (χ4v) is 2.63. The van der Waals surface area contributed by atoms with Gasteiger partial charge in [0.05, 0.1) is 0 Å². The van der Waals surface area contributed by atoms with E-state index in [1.54, 1.807) is 0 Å². The van der Waals surface area contributed by atoms with Crippen LogP contribution < -0.4 is 10.6 Å². The highest BCUT2D eigenvalue weighted by molar-refractivity contribution is 5.76. The quantitative estimate of drug-likeness (QED) is 0.708. The SMILES string of the molecule is CN(CCN1CCNC1=O)CC1CCCNC1. The Kier molecular flexibility index (Phi) is 4.62. The molecule has 5 nitrogen and oxygen atoms in total. The molecule has 98 valence electrons. The molecule has 2 aliphatic rings. The van der Waals surface area contributed by atoms with E-state index in [1.807, 2.05) is 4.90 Å². The Hall–Kier alpha value is -0.810. The Labute approximate surface area is 104 Å². The average molecular weight is 240 g/mol. The van der Waals surface area contributed by atoms with Gasteiger partial charge < -0.3 is 20.4 Å². The first-order valence-corrected chi connectivity index (χ1v) is 6.68. The van der Waals surface area contributed by atoms with Gasteiger partial charge in [0, 0.05) is 32.7 Å². The third-order valence-corrected chi connectivity index (χ3v) is 3.67. The van der Waals surface area contributed by atoms with Gasteiger partial charge in [-0.15, -0.1) is 0 Å². The van der Waals surface area contributed by atoms with E-state index in [9.17, 15) is 4.79 Å². The first-order chi connectivity index (χ1) is 8.25. The Bertz CT molecular complexity index is 253. The largest absolute Gasteiger partial charge is 0.336 e. The maximum Gasteiger partial charge on any atom is 0.317 e. The smallest absolute Gasteiger partial charge is 0.317 e. The first-order valence-electron chi connectivity index (χ1n) is 6.68. The van der Waals surface area contributed by atoms with Crippen LogP contribution in [0.3, 0.4) is 0 Å². The van der Waals surface area contributed by atoms with E-state index >= 15 is 0 Å². The summed E-state index contributed by atoms with van der Waals surface area (Å²) >= 11 is 0. The zero-order valence-electron chi connectivity index (χ0n) is 10.7. The summed E-state index contributed by atoms with van der Waals surface area (Å²) < 4.78 is 0. The van der Waals surface area contributed by atoms with Gasteiger partial charge >= 0.3 is 6.03 Å². The van der Waals surface area contributed by atoms with Crippen molar-refractivity contribution in [3.8, 4) is 0 Å². The van der Waals surface area contributed by atoms with E-state index in [0.29, 0.717) is 0 Å². The number of carbonyl (C=O) groups is 1. The number of nitrogens with one attached hydrogen (secondary N) is 2. The van der Waals surface area contributed by atoms with Gasteiger partial charge in [-0.25, -0.2) is 4.79 Å². The second-order valence-electron chi connectivity index (χ2n) is 5.19. The van der Waals surface area contributed by atoms with Crippen molar-refractivity contribution in [2.24, 2.45) is 5.92 Å². The third kappa shape index (κ3) is 3.85. The number of amides is 2. The summed E-state index contributed by atoms with van der Waals surface area (Å²) in [4.78, 5) is 15.6. The summed E-state index contributed by atoms with van der Waals surface area (Å²) in [5.41, 5.74) is 0. The van der Waals surface area contributed by atoms with Gasteiger partial charge in [-0.1, -0.05) is 0 Å². The molecule has 2 aliphatic heterocycles. The number of hydrogen-bond acceptors (Lipinski definition) is 3. The van der Waals surface area contributed by atoms with E-state index in [-0.39, 0.29) is 6.03 Å². The summed E-state index contributed by atoms with van der Waals surface area (Å²) in [6, 6.07) is 0.0951. The Morgan fingerprint density at radius 2 is 2.35 bits per heavy atom. The average Bonchev–Trinajstić information content (AvgIpc) is 2.74. The van der Waals surface area contributed by atoms with Gasteiger partial charge in [0.15, 0.2) is 0 Å². The maximum absolute atomic E-state index is 11.4. The molecule has 0 radical (unpaired) electrons. The van der Waals surface area contributed by atoms with Crippen LogP contribution in [0, 0.1) is 5.92 Å². The van der Waals surface area contributed by atoms with Crippen LogP contribution in [-0.2, 0) is 0 Å². The minimum absolute atomic E-state index is 0.0951. The summed E-state index contributed by atoms with van der Waals surface area (Å²) in [6.07, 6.45) is 2.63. The lowest BCUT2D eigenvalue weighted by Gasteiger charge is -2.28. The Morgan fingerprint density at radius 3 is 3.00 bits per heavy atom. The molecule has 0 spiro atoms. The molecule has 2 N–H and O–H groups in total. The lowest BCUT2D eigenvalue weighted by Crippen LogP contribution is -2.40. The number of likely N-dealkylation sites (N-methyl/N-ethyl adjacent to an activating group) is 1. The minimum Gasteiger partial charge on any atom is -0.336 e. The van der Waals surface area contributed by atoms with Crippen LogP contribution in [0.15, 0.2) is 0 Å². The normalized spacial score (nSPS) is 25.4. The predicted octanol–water partition coefficient (Wildman–Crippen LogP) is -0.0570. The van der Waals surface area contributed by atoms with Crippen LogP contribution in [-0.4, -0.2) is 68.7 Å². The van der Waals surface area contributed by atoms with Crippen molar-refractivity contribution in [1.82, 2.24) is 20.4 Å². The van der Waals surface area contributed by atoms with Crippen LogP contribution in [0.1, 0.15) is 12.8 Å². The van der Waals surface area contributed by atoms with Crippen molar-refractivity contribution in [2.45, 2.75) is 12.8 Å².